The van der Waals surface area contributed by atoms with E-state index in [-0.39, 0.29) is 17.7 Å². The predicted molar refractivity (Wildman–Crippen MR) is 109 cm³/mol. The molecule has 1 amide bonds. The number of β-amino-alcohol motifs (C(OH)–C–C–N with tert-alkyl or cyclic N) is 1. The Morgan fingerprint density at radius 2 is 1.80 bits per heavy atom. The zero-order valence-electron chi connectivity index (χ0n) is 16.8. The first kappa shape index (κ1) is 21.5. The van der Waals surface area contributed by atoms with Crippen molar-refractivity contribution in [3.8, 4) is 5.75 Å². The quantitative estimate of drug-likeness (QED) is 0.413. The lowest BCUT2D eigenvalue weighted by Crippen LogP contribution is -2.32. The maximum Gasteiger partial charge on any atom is 0.295 e. The molecular formula is C23H24FNO5. The average Bonchev–Trinajstić information content (AvgIpc) is 2.97. The lowest BCUT2D eigenvalue weighted by molar-refractivity contribution is -0.140. The molecule has 1 saturated heterocycles. The number of halogens is 1. The van der Waals surface area contributed by atoms with E-state index < -0.39 is 35.9 Å². The van der Waals surface area contributed by atoms with Crippen LogP contribution < -0.4 is 4.74 Å². The number of Topliss-reactive ketones (excluding diaryl/α,β-unsaturated/α-hetero) is 1. The number of nitrogens with zero attached hydrogens (tertiary/aromatic N) is 1. The molecule has 7 heteroatoms. The van der Waals surface area contributed by atoms with Crippen LogP contribution in [-0.4, -0.2) is 46.6 Å². The Kier molecular flexibility index (Phi) is 6.52. The van der Waals surface area contributed by atoms with Gasteiger partial charge in [0.05, 0.1) is 24.8 Å². The molecule has 0 aliphatic carbocycles. The van der Waals surface area contributed by atoms with Gasteiger partial charge >= 0.3 is 0 Å². The third-order valence-electron chi connectivity index (χ3n) is 4.79. The number of carbonyl (C=O) groups is 2. The number of amides is 1. The van der Waals surface area contributed by atoms with Crippen molar-refractivity contribution in [2.75, 3.05) is 19.8 Å². The Bertz CT molecular complexity index is 968. The van der Waals surface area contributed by atoms with E-state index in [4.69, 9.17) is 4.74 Å². The summed E-state index contributed by atoms with van der Waals surface area (Å²) in [7, 11) is 0. The van der Waals surface area contributed by atoms with E-state index in [1.807, 2.05) is 13.8 Å². The van der Waals surface area contributed by atoms with Crippen molar-refractivity contribution in [1.82, 2.24) is 4.90 Å². The van der Waals surface area contributed by atoms with Gasteiger partial charge in [-0.15, -0.1) is 0 Å². The third-order valence-corrected chi connectivity index (χ3v) is 4.79. The molecular weight excluding hydrogens is 389 g/mol. The molecule has 0 unspecified atom stereocenters. The van der Waals surface area contributed by atoms with Gasteiger partial charge in [0.25, 0.3) is 11.7 Å². The van der Waals surface area contributed by atoms with E-state index in [0.717, 1.165) is 4.90 Å². The molecule has 2 aromatic carbocycles. The summed E-state index contributed by atoms with van der Waals surface area (Å²) in [6.45, 7) is 4.01. The van der Waals surface area contributed by atoms with Gasteiger partial charge in [0.2, 0.25) is 0 Å². The van der Waals surface area contributed by atoms with Crippen molar-refractivity contribution in [3.05, 3.63) is 71.0 Å². The van der Waals surface area contributed by atoms with Gasteiger partial charge in [-0.05, 0) is 36.2 Å². The molecule has 6 nitrogen and oxygen atoms in total. The molecule has 1 heterocycles. The highest BCUT2D eigenvalue weighted by molar-refractivity contribution is 6.46. The van der Waals surface area contributed by atoms with Crippen molar-refractivity contribution in [2.45, 2.75) is 19.9 Å². The lowest BCUT2D eigenvalue weighted by Gasteiger charge is -2.24. The largest absolute Gasteiger partial charge is 0.507 e. The molecule has 0 saturated carbocycles. The fourth-order valence-corrected chi connectivity index (χ4v) is 3.37. The summed E-state index contributed by atoms with van der Waals surface area (Å²) < 4.78 is 20.1. The third kappa shape index (κ3) is 4.21. The van der Waals surface area contributed by atoms with Crippen LogP contribution in [0.3, 0.4) is 0 Å². The van der Waals surface area contributed by atoms with Gasteiger partial charge in [-0.3, -0.25) is 9.59 Å². The van der Waals surface area contributed by atoms with E-state index in [0.29, 0.717) is 23.8 Å². The van der Waals surface area contributed by atoms with E-state index >= 15 is 0 Å². The molecule has 0 spiro atoms. The summed E-state index contributed by atoms with van der Waals surface area (Å²) in [5, 5.41) is 20.2. The van der Waals surface area contributed by atoms with Gasteiger partial charge in [0.15, 0.2) is 0 Å². The Morgan fingerprint density at radius 3 is 2.40 bits per heavy atom. The first-order valence-corrected chi connectivity index (χ1v) is 9.72. The number of aliphatic hydroxyl groups excluding tert-OH is 2. The molecule has 0 aromatic heterocycles. The number of aliphatic hydroxyl groups is 2. The summed E-state index contributed by atoms with van der Waals surface area (Å²) in [6.07, 6.45) is 0. The lowest BCUT2D eigenvalue weighted by atomic mass is 9.95. The first-order chi connectivity index (χ1) is 14.3. The molecule has 30 heavy (non-hydrogen) atoms. The maximum absolute atomic E-state index is 14.5. The number of likely N-dealkylation sites (tertiary alicyclic amines) is 1. The van der Waals surface area contributed by atoms with E-state index in [1.165, 1.54) is 18.2 Å². The van der Waals surface area contributed by atoms with Gasteiger partial charge in [-0.1, -0.05) is 32.0 Å². The number of ketones is 1. The number of rotatable bonds is 7. The van der Waals surface area contributed by atoms with Crippen LogP contribution in [0.4, 0.5) is 4.39 Å². The standard InChI is InChI=1S/C23H24FNO5/c1-14(2)13-30-16-9-7-15(8-10-16)21(27)19-20(17-5-3-4-6-18(17)24)25(11-12-26)23(29)22(19)28/h3-10,14,20,26-27H,11-13H2,1-2H3/t20-/m1/s1. The zero-order valence-corrected chi connectivity index (χ0v) is 16.8. The minimum atomic E-state index is -1.13. The van der Waals surface area contributed by atoms with Gasteiger partial charge in [-0.25, -0.2) is 4.39 Å². The van der Waals surface area contributed by atoms with Crippen LogP contribution in [0.1, 0.15) is 31.0 Å². The summed E-state index contributed by atoms with van der Waals surface area (Å²) >= 11 is 0. The highest BCUT2D eigenvalue weighted by atomic mass is 19.1. The van der Waals surface area contributed by atoms with Gasteiger partial charge in [0, 0.05) is 17.7 Å². The zero-order chi connectivity index (χ0) is 21.8. The number of ether oxygens (including phenoxy) is 1. The summed E-state index contributed by atoms with van der Waals surface area (Å²) in [6, 6.07) is 11.1. The minimum Gasteiger partial charge on any atom is -0.507 e. The number of carbonyl (C=O) groups excluding carboxylic acids is 2. The van der Waals surface area contributed by atoms with Crippen LogP contribution in [0.2, 0.25) is 0 Å². The molecule has 158 valence electrons. The molecule has 2 N–H and O–H groups in total. The predicted octanol–water partition coefficient (Wildman–Crippen LogP) is 3.27. The second-order valence-electron chi connectivity index (χ2n) is 7.47. The summed E-state index contributed by atoms with van der Waals surface area (Å²) in [5.41, 5.74) is 0.160. The number of hydrogen-bond acceptors (Lipinski definition) is 5. The molecule has 2 aromatic rings. The first-order valence-electron chi connectivity index (χ1n) is 9.72. The molecule has 1 aliphatic rings. The SMILES string of the molecule is CC(C)COc1ccc(C(O)=C2C(=O)C(=O)N(CCO)[C@@H]2c2ccccc2F)cc1. The van der Waals surface area contributed by atoms with Crippen molar-refractivity contribution < 1.29 is 28.9 Å². The van der Waals surface area contributed by atoms with E-state index in [2.05, 4.69) is 0 Å². The van der Waals surface area contributed by atoms with Crippen molar-refractivity contribution in [2.24, 2.45) is 5.92 Å². The van der Waals surface area contributed by atoms with E-state index in [1.54, 1.807) is 30.3 Å². The van der Waals surface area contributed by atoms with Crippen LogP contribution >= 0.6 is 0 Å². The summed E-state index contributed by atoms with van der Waals surface area (Å²) in [4.78, 5) is 26.3. The summed E-state index contributed by atoms with van der Waals surface area (Å²) in [5.74, 6) is -1.88. The molecule has 3 rings (SSSR count). The molecule has 1 atom stereocenters. The topological polar surface area (TPSA) is 87.1 Å². The van der Waals surface area contributed by atoms with Crippen LogP contribution in [0.15, 0.2) is 54.1 Å². The van der Waals surface area contributed by atoms with Gasteiger partial charge < -0.3 is 19.8 Å². The maximum atomic E-state index is 14.5. The minimum absolute atomic E-state index is 0.0728. The average molecular weight is 413 g/mol. The number of hydrogen-bond donors (Lipinski definition) is 2. The Balaban J connectivity index is 2.05. The van der Waals surface area contributed by atoms with Crippen LogP contribution in [0, 0.1) is 11.7 Å². The second-order valence-corrected chi connectivity index (χ2v) is 7.47. The van der Waals surface area contributed by atoms with Gasteiger partial charge in [0.1, 0.15) is 17.3 Å². The van der Waals surface area contributed by atoms with Gasteiger partial charge in [-0.2, -0.15) is 0 Å². The van der Waals surface area contributed by atoms with Crippen LogP contribution in [0.25, 0.3) is 5.76 Å². The smallest absolute Gasteiger partial charge is 0.295 e. The van der Waals surface area contributed by atoms with Crippen molar-refractivity contribution in [1.29, 1.82) is 0 Å². The van der Waals surface area contributed by atoms with Crippen molar-refractivity contribution in [3.63, 3.8) is 0 Å². The van der Waals surface area contributed by atoms with E-state index in [9.17, 15) is 24.2 Å². The normalized spacial score (nSPS) is 18.3. The highest BCUT2D eigenvalue weighted by Gasteiger charge is 2.46. The van der Waals surface area contributed by atoms with Crippen LogP contribution in [-0.2, 0) is 9.59 Å². The second kappa shape index (κ2) is 9.09. The monoisotopic (exact) mass is 413 g/mol. The van der Waals surface area contributed by atoms with Crippen LogP contribution in [0.5, 0.6) is 5.75 Å². The fourth-order valence-electron chi connectivity index (χ4n) is 3.37. The molecule has 1 fully saturated rings. The van der Waals surface area contributed by atoms with Crippen molar-refractivity contribution >= 4 is 17.4 Å². The molecule has 0 radical (unpaired) electrons. The molecule has 0 bridgehead atoms. The number of benzene rings is 2. The Labute approximate surface area is 174 Å². The Hall–Kier alpha value is -3.19. The Morgan fingerprint density at radius 1 is 1.13 bits per heavy atom. The fraction of sp³-hybridized carbons (Fsp3) is 0.304. The molecule has 1 aliphatic heterocycles. The highest BCUT2D eigenvalue weighted by Crippen LogP contribution is 2.40.